The first-order valence-electron chi connectivity index (χ1n) is 13.9. The molecule has 2 aliphatic rings. The third-order valence-electron chi connectivity index (χ3n) is 6.63. The van der Waals surface area contributed by atoms with Gasteiger partial charge in [0, 0.05) is 43.1 Å². The molecule has 232 valence electrons. The lowest BCUT2D eigenvalue weighted by atomic mass is 10.0. The molecule has 2 saturated heterocycles. The van der Waals surface area contributed by atoms with E-state index in [1.54, 1.807) is 0 Å². The Hall–Kier alpha value is -2.72. The molecule has 0 radical (unpaired) electrons. The number of fused-ring (bicyclic) bond motifs is 1. The molecule has 1 aromatic rings. The van der Waals surface area contributed by atoms with E-state index in [2.05, 4.69) is 10.6 Å². The lowest BCUT2D eigenvalue weighted by molar-refractivity contribution is -0.146. The molecule has 0 saturated carbocycles. The summed E-state index contributed by atoms with van der Waals surface area (Å²) in [6.45, 7) is 3.24. The molecule has 0 bridgehead atoms. The number of likely N-dealkylation sites (N-methyl/N-ethyl adjacent to an activating group) is 1. The van der Waals surface area contributed by atoms with Gasteiger partial charge in [0.1, 0.15) is 0 Å². The summed E-state index contributed by atoms with van der Waals surface area (Å²) in [6.07, 6.45) is 3.24. The molecule has 15 heteroatoms. The van der Waals surface area contributed by atoms with Crippen molar-refractivity contribution in [3.8, 4) is 11.8 Å². The molecule has 1 aromatic heterocycles. The summed E-state index contributed by atoms with van der Waals surface area (Å²) >= 11 is 1.91. The molecule has 3 atom stereocenters. The Labute approximate surface area is 243 Å². The number of carbonyl (C=O) groups is 3. The topological polar surface area (TPSA) is 170 Å². The molecular weight excluding hydrogens is 560 g/mol. The van der Waals surface area contributed by atoms with Crippen molar-refractivity contribution >= 4 is 29.7 Å². The lowest BCUT2D eigenvalue weighted by Crippen LogP contribution is -2.38. The van der Waals surface area contributed by atoms with Gasteiger partial charge in [0.25, 0.3) is 0 Å². The van der Waals surface area contributed by atoms with Crippen LogP contribution in [0.15, 0.2) is 12.1 Å². The first-order chi connectivity index (χ1) is 19.9. The minimum Gasteiger partial charge on any atom is -0.492 e. The molecule has 3 rings (SSSR count). The van der Waals surface area contributed by atoms with E-state index >= 15 is 0 Å². The third-order valence-corrected chi connectivity index (χ3v) is 8.12. The summed E-state index contributed by atoms with van der Waals surface area (Å²) in [7, 11) is 1.86. The maximum absolute atomic E-state index is 12.0. The predicted octanol–water partition coefficient (Wildman–Crippen LogP) is 0.495. The molecule has 2 fully saturated rings. The molecule has 14 nitrogen and oxygen atoms in total. The fourth-order valence-corrected chi connectivity index (χ4v) is 6.16. The number of hydrogen-bond donors (Lipinski definition) is 4. The van der Waals surface area contributed by atoms with Crippen molar-refractivity contribution in [1.29, 1.82) is 0 Å². The van der Waals surface area contributed by atoms with Gasteiger partial charge in [0.2, 0.25) is 17.7 Å². The Kier molecular flexibility index (Phi) is 14.4. The molecule has 3 unspecified atom stereocenters. The summed E-state index contributed by atoms with van der Waals surface area (Å²) in [6, 6.07) is 2.92. The number of unbranched alkanes of at least 4 members (excludes halogenated alkanes) is 1. The minimum absolute atomic E-state index is 0.0165. The normalized spacial score (nSPS) is 19.8. The zero-order valence-electron chi connectivity index (χ0n) is 23.5. The van der Waals surface area contributed by atoms with E-state index in [0.717, 1.165) is 25.0 Å². The van der Waals surface area contributed by atoms with E-state index in [4.69, 9.17) is 23.8 Å². The Morgan fingerprint density at radius 2 is 1.56 bits per heavy atom. The maximum atomic E-state index is 12.0. The second-order valence-electron chi connectivity index (χ2n) is 9.63. The van der Waals surface area contributed by atoms with Crippen molar-refractivity contribution < 1.29 is 48.4 Å². The Morgan fingerprint density at radius 1 is 0.951 bits per heavy atom. The van der Waals surface area contributed by atoms with Crippen LogP contribution in [0.2, 0.25) is 0 Å². The van der Waals surface area contributed by atoms with Crippen LogP contribution in [-0.2, 0) is 28.5 Å². The third kappa shape index (κ3) is 11.2. The maximum Gasteiger partial charge on any atom is 0.335 e. The van der Waals surface area contributed by atoms with Gasteiger partial charge in [-0.3, -0.25) is 4.79 Å². The van der Waals surface area contributed by atoms with Gasteiger partial charge in [-0.2, -0.15) is 11.8 Å². The van der Waals surface area contributed by atoms with Crippen molar-refractivity contribution in [3.63, 3.8) is 0 Å². The van der Waals surface area contributed by atoms with Gasteiger partial charge in [0.05, 0.1) is 71.4 Å². The number of aromatic nitrogens is 1. The van der Waals surface area contributed by atoms with Crippen molar-refractivity contribution in [2.75, 3.05) is 72.2 Å². The highest BCUT2D eigenvalue weighted by molar-refractivity contribution is 8.00. The van der Waals surface area contributed by atoms with E-state index in [0.29, 0.717) is 69.2 Å². The predicted molar refractivity (Wildman–Crippen MR) is 149 cm³/mol. The fourth-order valence-electron chi connectivity index (χ4n) is 4.52. The minimum atomic E-state index is -0.663. The van der Waals surface area contributed by atoms with Crippen LogP contribution in [0.5, 0.6) is 11.8 Å². The standard InChI is InChI=1S/C26H42N4O10S/c1-29-25-19(28-26(29)35)18-41-20(25)4-2-3-5-21(31)27-9-11-37-13-15-39-17-16-38-14-12-36-10-8-24(34)40-30-22(32)6-7-23(30)33/h6-7,19-20,25,32-33H,2-5,8-18H2,1H3,(H,27,31)(H,28,35). The first kappa shape index (κ1) is 32.8. The smallest absolute Gasteiger partial charge is 0.335 e. The van der Waals surface area contributed by atoms with Gasteiger partial charge >= 0.3 is 12.0 Å². The number of nitrogens with zero attached hydrogens (tertiary/aromatic N) is 2. The number of nitrogens with one attached hydrogen (secondary N) is 2. The quantitative estimate of drug-likeness (QED) is 0.114. The second kappa shape index (κ2) is 18.0. The second-order valence-corrected chi connectivity index (χ2v) is 10.9. The average molecular weight is 603 g/mol. The van der Waals surface area contributed by atoms with Crippen molar-refractivity contribution in [2.24, 2.45) is 0 Å². The van der Waals surface area contributed by atoms with Gasteiger partial charge in [-0.25, -0.2) is 9.59 Å². The summed E-state index contributed by atoms with van der Waals surface area (Å²) in [5.74, 6) is -0.441. The largest absolute Gasteiger partial charge is 0.492 e. The molecule has 3 amide bonds. The summed E-state index contributed by atoms with van der Waals surface area (Å²) in [5.41, 5.74) is 0. The lowest BCUT2D eigenvalue weighted by Gasteiger charge is -2.23. The van der Waals surface area contributed by atoms with E-state index in [9.17, 15) is 24.6 Å². The number of hydrogen-bond acceptors (Lipinski definition) is 11. The Morgan fingerprint density at radius 3 is 2.22 bits per heavy atom. The molecule has 0 aromatic carbocycles. The molecule has 4 N–H and O–H groups in total. The number of aromatic hydroxyl groups is 2. The van der Waals surface area contributed by atoms with E-state index in [1.165, 1.54) is 12.1 Å². The van der Waals surface area contributed by atoms with E-state index in [1.807, 2.05) is 23.7 Å². The number of urea groups is 1. The highest BCUT2D eigenvalue weighted by Crippen LogP contribution is 2.36. The molecular formula is C26H42N4O10S. The summed E-state index contributed by atoms with van der Waals surface area (Å²) in [4.78, 5) is 42.1. The fraction of sp³-hybridized carbons (Fsp3) is 0.731. The monoisotopic (exact) mass is 602 g/mol. The van der Waals surface area contributed by atoms with Crippen LogP contribution in [0, 0.1) is 0 Å². The van der Waals surface area contributed by atoms with E-state index < -0.39 is 5.97 Å². The van der Waals surface area contributed by atoms with Gasteiger partial charge in [0.15, 0.2) is 0 Å². The van der Waals surface area contributed by atoms with Crippen LogP contribution in [0.3, 0.4) is 0 Å². The van der Waals surface area contributed by atoms with Crippen LogP contribution in [-0.4, -0.2) is 127 Å². The van der Waals surface area contributed by atoms with Gasteiger partial charge in [-0.05, 0) is 12.8 Å². The average Bonchev–Trinajstić information content (AvgIpc) is 3.58. The van der Waals surface area contributed by atoms with Gasteiger partial charge in [-0.15, -0.1) is 4.73 Å². The van der Waals surface area contributed by atoms with Gasteiger partial charge in [-0.1, -0.05) is 6.42 Å². The van der Waals surface area contributed by atoms with Crippen LogP contribution in [0.25, 0.3) is 0 Å². The molecule has 0 spiro atoms. The van der Waals surface area contributed by atoms with Crippen LogP contribution in [0.4, 0.5) is 4.79 Å². The Bertz CT molecular complexity index is 945. The number of rotatable bonds is 21. The first-order valence-corrected chi connectivity index (χ1v) is 14.9. The highest BCUT2D eigenvalue weighted by Gasteiger charge is 2.46. The zero-order chi connectivity index (χ0) is 29.5. The number of amides is 3. The SMILES string of the molecule is CN1C(=O)NC2CSC(CCCCC(=O)NCCOCCOCCOCCOCCC(=O)On3c(O)ccc3O)C21. The van der Waals surface area contributed by atoms with E-state index in [-0.39, 0.29) is 48.8 Å². The van der Waals surface area contributed by atoms with Crippen molar-refractivity contribution in [1.82, 2.24) is 20.3 Å². The molecule has 41 heavy (non-hydrogen) atoms. The summed E-state index contributed by atoms with van der Waals surface area (Å²) < 4.78 is 22.2. The van der Waals surface area contributed by atoms with Crippen LogP contribution >= 0.6 is 11.8 Å². The van der Waals surface area contributed by atoms with Gasteiger partial charge < -0.3 is 49.5 Å². The summed E-state index contributed by atoms with van der Waals surface area (Å²) in [5, 5.41) is 25.2. The number of ether oxygens (including phenoxy) is 4. The number of carbonyl (C=O) groups excluding carboxylic acids is 3. The van der Waals surface area contributed by atoms with Crippen LogP contribution < -0.4 is 15.5 Å². The highest BCUT2D eigenvalue weighted by atomic mass is 32.2. The molecule has 0 aliphatic carbocycles. The van der Waals surface area contributed by atoms with Crippen LogP contribution in [0.1, 0.15) is 32.1 Å². The zero-order valence-corrected chi connectivity index (χ0v) is 24.3. The Balaban J connectivity index is 1.02. The van der Waals surface area contributed by atoms with Crippen molar-refractivity contribution in [2.45, 2.75) is 49.4 Å². The van der Waals surface area contributed by atoms with Crippen molar-refractivity contribution in [3.05, 3.63) is 12.1 Å². The molecule has 3 heterocycles. The molecule has 2 aliphatic heterocycles. The number of thioether (sulfide) groups is 1.